The summed E-state index contributed by atoms with van der Waals surface area (Å²) in [6, 6.07) is 15.8. The number of methoxy groups -OCH3 is 2. The SMILES string of the molecule is COC(=O)c1cc(NC(=O)c2cc(-c3ccc(NC(=O)c4cc(NC(=O)CCCOc5cc6c(cc5OC)C(=O)N5CCCC[C@H]5CN6)cn4C)cc3)cn2C)cn1C. The molecular formula is C43H48N8O8. The van der Waals surface area contributed by atoms with Gasteiger partial charge in [0.15, 0.2) is 11.5 Å². The molecule has 0 aliphatic carbocycles. The summed E-state index contributed by atoms with van der Waals surface area (Å²) in [6.07, 6.45) is 8.84. The third-order valence-corrected chi connectivity index (χ3v) is 10.6. The Hall–Kier alpha value is -6.97. The highest BCUT2D eigenvalue weighted by atomic mass is 16.5. The zero-order chi connectivity index (χ0) is 41.8. The molecule has 5 aromatic rings. The van der Waals surface area contributed by atoms with Gasteiger partial charge in [0.1, 0.15) is 17.1 Å². The van der Waals surface area contributed by atoms with Gasteiger partial charge in [0.25, 0.3) is 17.7 Å². The fourth-order valence-corrected chi connectivity index (χ4v) is 7.54. The number of carbonyl (C=O) groups is 5. The highest BCUT2D eigenvalue weighted by molar-refractivity contribution is 6.06. The van der Waals surface area contributed by atoms with Crippen molar-refractivity contribution in [3.05, 3.63) is 95.8 Å². The van der Waals surface area contributed by atoms with Crippen LogP contribution in [0, 0.1) is 0 Å². The Morgan fingerprint density at radius 1 is 0.746 bits per heavy atom. The lowest BCUT2D eigenvalue weighted by Crippen LogP contribution is -2.45. The van der Waals surface area contributed by atoms with Crippen LogP contribution >= 0.6 is 0 Å². The first-order valence-corrected chi connectivity index (χ1v) is 19.4. The molecule has 0 bridgehead atoms. The van der Waals surface area contributed by atoms with Gasteiger partial charge in [0.2, 0.25) is 5.91 Å². The van der Waals surface area contributed by atoms with Crippen LogP contribution in [0.25, 0.3) is 11.1 Å². The Labute approximate surface area is 341 Å². The summed E-state index contributed by atoms with van der Waals surface area (Å²) in [6.45, 7) is 1.69. The average molecular weight is 805 g/mol. The molecule has 0 unspecified atom stereocenters. The van der Waals surface area contributed by atoms with Crippen molar-refractivity contribution in [1.29, 1.82) is 0 Å². The summed E-state index contributed by atoms with van der Waals surface area (Å²) in [5.74, 6) is -0.478. The van der Waals surface area contributed by atoms with Crippen molar-refractivity contribution in [2.45, 2.75) is 38.1 Å². The summed E-state index contributed by atoms with van der Waals surface area (Å²) in [5.41, 5.74) is 5.49. The molecule has 3 aromatic heterocycles. The summed E-state index contributed by atoms with van der Waals surface area (Å²) >= 11 is 0. The molecule has 308 valence electrons. The highest BCUT2D eigenvalue weighted by Gasteiger charge is 2.32. The fourth-order valence-electron chi connectivity index (χ4n) is 7.54. The number of nitrogens with zero attached hydrogens (tertiary/aromatic N) is 4. The van der Waals surface area contributed by atoms with Crippen LogP contribution in [0.15, 0.2) is 73.2 Å². The fraction of sp³-hybridized carbons (Fsp3) is 0.326. The molecule has 2 aliphatic rings. The quantitative estimate of drug-likeness (QED) is 0.0835. The molecule has 0 saturated carbocycles. The maximum atomic E-state index is 13.3. The zero-order valence-corrected chi connectivity index (χ0v) is 33.7. The molecule has 1 atom stereocenters. The largest absolute Gasteiger partial charge is 0.493 e. The number of fused-ring (bicyclic) bond motifs is 2. The standard InChI is InChI=1S/C43H48N8O8/c1-48-23-27(17-34(48)40(53)47-30-19-36(43(56)58-5)50(3)25-30)26-11-13-28(14-12-26)46-41(54)35-18-29(24-49(35)2)45-39(52)10-8-16-59-38-21-33-32(20-37(38)57-4)42(55)51-15-7-6-9-31(51)22-44-33/h11-14,17-21,23-25,31,44H,6-10,15-16,22H2,1-5H3,(H,45,52)(H,46,54)(H,47,53)/t31-/m0/s1. The van der Waals surface area contributed by atoms with Crippen LogP contribution in [0.4, 0.5) is 22.7 Å². The zero-order valence-electron chi connectivity index (χ0n) is 33.7. The minimum Gasteiger partial charge on any atom is -0.493 e. The summed E-state index contributed by atoms with van der Waals surface area (Å²) in [4.78, 5) is 66.4. The Morgan fingerprint density at radius 3 is 2.14 bits per heavy atom. The smallest absolute Gasteiger partial charge is 0.354 e. The van der Waals surface area contributed by atoms with Gasteiger partial charge in [-0.3, -0.25) is 19.2 Å². The van der Waals surface area contributed by atoms with Gasteiger partial charge < -0.3 is 54.1 Å². The number of rotatable bonds is 13. The second-order valence-electron chi connectivity index (χ2n) is 14.7. The molecule has 59 heavy (non-hydrogen) atoms. The van der Waals surface area contributed by atoms with Gasteiger partial charge in [-0.2, -0.15) is 0 Å². The number of anilines is 4. The predicted octanol–water partition coefficient (Wildman–Crippen LogP) is 5.89. The lowest BCUT2D eigenvalue weighted by Gasteiger charge is -2.34. The number of hydrogen-bond acceptors (Lipinski definition) is 9. The first-order chi connectivity index (χ1) is 28.4. The molecule has 16 nitrogen and oxygen atoms in total. The minimum atomic E-state index is -0.505. The number of hydrogen-bond donors (Lipinski definition) is 4. The third kappa shape index (κ3) is 8.81. The number of nitrogens with one attached hydrogen (secondary N) is 4. The van der Waals surface area contributed by atoms with Crippen molar-refractivity contribution in [1.82, 2.24) is 18.6 Å². The van der Waals surface area contributed by atoms with Crippen LogP contribution in [0.2, 0.25) is 0 Å². The molecule has 7 rings (SSSR count). The highest BCUT2D eigenvalue weighted by Crippen LogP contribution is 2.37. The van der Waals surface area contributed by atoms with Crippen molar-refractivity contribution in [3.63, 3.8) is 0 Å². The number of esters is 1. The first kappa shape index (κ1) is 40.2. The van der Waals surface area contributed by atoms with Crippen molar-refractivity contribution >= 4 is 52.3 Å². The monoisotopic (exact) mass is 804 g/mol. The van der Waals surface area contributed by atoms with Gasteiger partial charge in [-0.15, -0.1) is 0 Å². The first-order valence-electron chi connectivity index (χ1n) is 19.4. The van der Waals surface area contributed by atoms with Crippen LogP contribution in [0.5, 0.6) is 11.5 Å². The molecule has 1 saturated heterocycles. The molecule has 16 heteroatoms. The van der Waals surface area contributed by atoms with Crippen LogP contribution in [0.3, 0.4) is 0 Å². The normalized spacial score (nSPS) is 14.6. The Morgan fingerprint density at radius 2 is 1.41 bits per heavy atom. The Balaban J connectivity index is 0.895. The van der Waals surface area contributed by atoms with E-state index in [1.165, 1.54) is 14.2 Å². The van der Waals surface area contributed by atoms with E-state index in [0.717, 1.165) is 36.9 Å². The summed E-state index contributed by atoms with van der Waals surface area (Å²) in [7, 11) is 8.02. The number of carbonyl (C=O) groups excluding carboxylic acids is 5. The molecule has 2 aliphatic heterocycles. The molecule has 5 heterocycles. The predicted molar refractivity (Wildman–Crippen MR) is 222 cm³/mol. The lowest BCUT2D eigenvalue weighted by molar-refractivity contribution is -0.116. The molecule has 4 amide bonds. The van der Waals surface area contributed by atoms with Gasteiger partial charge in [0, 0.05) is 82.6 Å². The van der Waals surface area contributed by atoms with E-state index in [1.54, 1.807) is 89.7 Å². The number of ether oxygens (including phenoxy) is 3. The second-order valence-corrected chi connectivity index (χ2v) is 14.7. The Bertz CT molecular complexity index is 2410. The van der Waals surface area contributed by atoms with Gasteiger partial charge in [-0.25, -0.2) is 4.79 Å². The van der Waals surface area contributed by atoms with Crippen molar-refractivity contribution in [2.75, 3.05) is 55.2 Å². The van der Waals surface area contributed by atoms with Crippen LogP contribution in [0.1, 0.15) is 73.9 Å². The van der Waals surface area contributed by atoms with E-state index in [2.05, 4.69) is 21.3 Å². The number of aromatic nitrogens is 3. The number of piperidine rings is 1. The van der Waals surface area contributed by atoms with Crippen LogP contribution in [-0.2, 0) is 30.7 Å². The van der Waals surface area contributed by atoms with E-state index >= 15 is 0 Å². The van der Waals surface area contributed by atoms with Crippen molar-refractivity contribution in [3.8, 4) is 22.6 Å². The summed E-state index contributed by atoms with van der Waals surface area (Å²) < 4.78 is 21.3. The van der Waals surface area contributed by atoms with Crippen molar-refractivity contribution in [2.24, 2.45) is 21.1 Å². The third-order valence-electron chi connectivity index (χ3n) is 10.6. The van der Waals surface area contributed by atoms with Crippen molar-refractivity contribution < 1.29 is 38.2 Å². The van der Waals surface area contributed by atoms with E-state index in [9.17, 15) is 24.0 Å². The molecule has 0 spiro atoms. The van der Waals surface area contributed by atoms with E-state index in [4.69, 9.17) is 14.2 Å². The van der Waals surface area contributed by atoms with E-state index < -0.39 is 5.97 Å². The van der Waals surface area contributed by atoms with E-state index in [0.29, 0.717) is 69.9 Å². The van der Waals surface area contributed by atoms with E-state index in [-0.39, 0.29) is 42.7 Å². The minimum absolute atomic E-state index is 0.000520. The number of amides is 4. The molecule has 1 fully saturated rings. The average Bonchev–Trinajstić information content (AvgIpc) is 3.90. The number of aryl methyl sites for hydroxylation is 3. The van der Waals surface area contributed by atoms with Gasteiger partial charge in [-0.05, 0) is 67.6 Å². The number of benzene rings is 2. The van der Waals surface area contributed by atoms with Gasteiger partial charge >= 0.3 is 5.97 Å². The molecule has 0 radical (unpaired) electrons. The molecular weight excluding hydrogens is 757 g/mol. The topological polar surface area (TPSA) is 179 Å². The molecule has 2 aromatic carbocycles. The van der Waals surface area contributed by atoms with Gasteiger partial charge in [0.05, 0.1) is 43.5 Å². The lowest BCUT2D eigenvalue weighted by atomic mass is 10.0. The van der Waals surface area contributed by atoms with Gasteiger partial charge in [-0.1, -0.05) is 12.1 Å². The molecule has 4 N–H and O–H groups in total. The van der Waals surface area contributed by atoms with Crippen LogP contribution < -0.4 is 30.7 Å². The summed E-state index contributed by atoms with van der Waals surface area (Å²) in [5, 5.41) is 12.0. The second kappa shape index (κ2) is 17.3. The maximum absolute atomic E-state index is 13.3. The maximum Gasteiger partial charge on any atom is 0.354 e. The van der Waals surface area contributed by atoms with E-state index in [1.807, 2.05) is 23.2 Å². The Kier molecular flexibility index (Phi) is 11.8. The van der Waals surface area contributed by atoms with Crippen LogP contribution in [-0.4, -0.2) is 88.2 Å².